The van der Waals surface area contributed by atoms with Crippen LogP contribution in [0.5, 0.6) is 0 Å². The molecule has 0 bridgehead atoms. The number of aliphatic imine (C=N–C) groups is 1. The highest BCUT2D eigenvalue weighted by atomic mass is 16.3. The SMILES string of the molecule is CCCCCCCC[n+]1[nH]n(-c2ccc(C)cc2)c(=O)c1C([O-])=Nc1ccc(C)cc1. The molecule has 2 aromatic carbocycles. The highest BCUT2D eigenvalue weighted by Gasteiger charge is 2.23. The number of hydrogen-bond acceptors (Lipinski definition) is 3. The summed E-state index contributed by atoms with van der Waals surface area (Å²) in [7, 11) is 0. The van der Waals surface area contributed by atoms with Gasteiger partial charge >= 0.3 is 5.56 Å². The van der Waals surface area contributed by atoms with E-state index in [9.17, 15) is 9.90 Å². The molecule has 3 rings (SSSR count). The summed E-state index contributed by atoms with van der Waals surface area (Å²) in [5, 5.41) is 16.1. The number of aromatic amines is 1. The first-order valence-electron chi connectivity index (χ1n) is 11.1. The van der Waals surface area contributed by atoms with E-state index in [4.69, 9.17) is 0 Å². The Morgan fingerprint density at radius 2 is 1.52 bits per heavy atom. The van der Waals surface area contributed by atoms with Gasteiger partial charge in [-0.15, -0.1) is 0 Å². The summed E-state index contributed by atoms with van der Waals surface area (Å²) in [6.45, 7) is 6.75. The van der Waals surface area contributed by atoms with Crippen molar-refractivity contribution in [1.29, 1.82) is 0 Å². The van der Waals surface area contributed by atoms with Crippen molar-refractivity contribution in [1.82, 2.24) is 9.90 Å². The van der Waals surface area contributed by atoms with Crippen LogP contribution in [0.15, 0.2) is 58.3 Å². The topological polar surface area (TPSA) is 77.1 Å². The molecule has 1 N–H and O–H groups in total. The largest absolute Gasteiger partial charge is 0.855 e. The van der Waals surface area contributed by atoms with Crippen molar-refractivity contribution in [3.8, 4) is 5.69 Å². The number of nitrogens with zero attached hydrogens (tertiary/aromatic N) is 3. The van der Waals surface area contributed by atoms with Crippen molar-refractivity contribution in [2.24, 2.45) is 4.99 Å². The molecule has 6 nitrogen and oxygen atoms in total. The summed E-state index contributed by atoms with van der Waals surface area (Å²) in [5.74, 6) is -0.526. The molecular weight excluding hydrogens is 388 g/mol. The third kappa shape index (κ3) is 5.94. The molecular formula is C25H32N4O2. The molecule has 6 heteroatoms. The van der Waals surface area contributed by atoms with E-state index in [1.807, 2.05) is 50.2 Å². The van der Waals surface area contributed by atoms with Gasteiger partial charge in [0.15, 0.2) is 5.69 Å². The van der Waals surface area contributed by atoms with Crippen molar-refractivity contribution < 1.29 is 9.79 Å². The van der Waals surface area contributed by atoms with Gasteiger partial charge in [0.2, 0.25) is 5.69 Å². The molecule has 0 aliphatic carbocycles. The van der Waals surface area contributed by atoms with Gasteiger partial charge in [-0.3, -0.25) is 4.99 Å². The Labute approximate surface area is 183 Å². The van der Waals surface area contributed by atoms with E-state index in [2.05, 4.69) is 17.1 Å². The van der Waals surface area contributed by atoms with Crippen LogP contribution in [-0.2, 0) is 6.54 Å². The van der Waals surface area contributed by atoms with Crippen LogP contribution in [0, 0.1) is 13.8 Å². The number of rotatable bonds is 10. The fraction of sp³-hybridized carbons (Fsp3) is 0.400. The highest BCUT2D eigenvalue weighted by molar-refractivity contribution is 5.88. The summed E-state index contributed by atoms with van der Waals surface area (Å²) in [6, 6.07) is 15.0. The molecule has 1 aromatic heterocycles. The van der Waals surface area contributed by atoms with Crippen molar-refractivity contribution in [3.63, 3.8) is 0 Å². The van der Waals surface area contributed by atoms with Crippen LogP contribution in [0.25, 0.3) is 5.69 Å². The van der Waals surface area contributed by atoms with Crippen LogP contribution < -0.4 is 15.3 Å². The summed E-state index contributed by atoms with van der Waals surface area (Å²) in [5.41, 5.74) is 3.12. The number of hydrogen-bond donors (Lipinski definition) is 1. The Balaban J connectivity index is 1.91. The van der Waals surface area contributed by atoms with Gasteiger partial charge in [-0.1, -0.05) is 77.9 Å². The van der Waals surface area contributed by atoms with E-state index >= 15 is 0 Å². The second-order valence-corrected chi connectivity index (χ2v) is 8.10. The molecule has 0 spiro atoms. The first kappa shape index (κ1) is 22.5. The van der Waals surface area contributed by atoms with E-state index in [1.54, 1.807) is 16.8 Å². The molecule has 0 amide bonds. The fourth-order valence-electron chi connectivity index (χ4n) is 3.51. The van der Waals surface area contributed by atoms with Gasteiger partial charge in [0.25, 0.3) is 0 Å². The zero-order valence-electron chi connectivity index (χ0n) is 18.7. The van der Waals surface area contributed by atoms with Crippen LogP contribution in [0.3, 0.4) is 0 Å². The molecule has 0 saturated heterocycles. The summed E-state index contributed by atoms with van der Waals surface area (Å²) < 4.78 is 3.08. The van der Waals surface area contributed by atoms with E-state index in [0.717, 1.165) is 30.4 Å². The Morgan fingerprint density at radius 3 is 2.16 bits per heavy atom. The van der Waals surface area contributed by atoms with Crippen LogP contribution in [0.1, 0.15) is 62.3 Å². The molecule has 0 fully saturated rings. The second-order valence-electron chi connectivity index (χ2n) is 8.10. The number of unbranched alkanes of at least 4 members (excludes halogenated alkanes) is 5. The smallest absolute Gasteiger partial charge is 0.406 e. The highest BCUT2D eigenvalue weighted by Crippen LogP contribution is 2.13. The minimum absolute atomic E-state index is 0.0645. The van der Waals surface area contributed by atoms with Gasteiger partial charge in [0.05, 0.1) is 5.69 Å². The van der Waals surface area contributed by atoms with Gasteiger partial charge in [-0.05, 0) is 51.0 Å². The van der Waals surface area contributed by atoms with Gasteiger partial charge in [0, 0.05) is 5.90 Å². The molecule has 1 heterocycles. The fourth-order valence-corrected chi connectivity index (χ4v) is 3.51. The van der Waals surface area contributed by atoms with Crippen molar-refractivity contribution in [2.75, 3.05) is 0 Å². The lowest BCUT2D eigenvalue weighted by molar-refractivity contribution is -0.757. The third-order valence-electron chi connectivity index (χ3n) is 5.39. The third-order valence-corrected chi connectivity index (χ3v) is 5.39. The predicted octanol–water partition coefficient (Wildman–Crippen LogP) is 3.87. The van der Waals surface area contributed by atoms with E-state index in [-0.39, 0.29) is 11.3 Å². The quantitative estimate of drug-likeness (QED) is 0.234. The number of H-pyrrole nitrogens is 1. The van der Waals surface area contributed by atoms with Crippen molar-refractivity contribution >= 4 is 11.6 Å². The van der Waals surface area contributed by atoms with Gasteiger partial charge in [-0.25, -0.2) is 4.79 Å². The van der Waals surface area contributed by atoms with Crippen LogP contribution in [0.4, 0.5) is 5.69 Å². The number of benzene rings is 2. The summed E-state index contributed by atoms with van der Waals surface area (Å²) in [6.07, 6.45) is 6.79. The molecule has 31 heavy (non-hydrogen) atoms. The first-order chi connectivity index (χ1) is 15.0. The molecule has 0 atom stereocenters. The number of aryl methyl sites for hydroxylation is 3. The zero-order chi connectivity index (χ0) is 22.2. The van der Waals surface area contributed by atoms with Gasteiger partial charge in [-0.2, -0.15) is 4.68 Å². The maximum absolute atomic E-state index is 13.2. The monoisotopic (exact) mass is 420 g/mol. The van der Waals surface area contributed by atoms with Crippen molar-refractivity contribution in [2.45, 2.75) is 65.8 Å². The number of nitrogens with one attached hydrogen (secondary N) is 1. The standard InChI is InChI=1S/C25H32N4O2/c1-4-5-6-7-8-9-18-28-23(24(30)26-21-14-10-19(2)11-15-21)25(31)29(27-28)22-16-12-20(3)13-17-22/h10-17H,4-9,18H2,1-3H3,(H-,26,27,30,31). The average Bonchev–Trinajstić information content (AvgIpc) is 3.09. The maximum Gasteiger partial charge on any atom is 0.406 e. The predicted molar refractivity (Wildman–Crippen MR) is 122 cm³/mol. The average molecular weight is 421 g/mol. The lowest BCUT2D eigenvalue weighted by Crippen LogP contribution is -2.46. The number of aromatic nitrogens is 3. The zero-order valence-corrected chi connectivity index (χ0v) is 18.7. The van der Waals surface area contributed by atoms with Gasteiger partial charge in [0.1, 0.15) is 6.54 Å². The Bertz CT molecular complexity index is 1060. The Hall–Kier alpha value is -3.15. The molecule has 164 valence electrons. The van der Waals surface area contributed by atoms with E-state index in [0.29, 0.717) is 17.9 Å². The molecule has 0 unspecified atom stereocenters. The maximum atomic E-state index is 13.2. The van der Waals surface area contributed by atoms with E-state index < -0.39 is 5.90 Å². The van der Waals surface area contributed by atoms with Crippen molar-refractivity contribution in [3.05, 3.63) is 75.7 Å². The lowest BCUT2D eigenvalue weighted by atomic mass is 10.1. The Kier molecular flexibility index (Phi) is 7.82. The molecule has 3 aromatic rings. The minimum atomic E-state index is -0.526. The molecule has 0 radical (unpaired) electrons. The Morgan fingerprint density at radius 1 is 0.935 bits per heavy atom. The molecule has 0 aliphatic heterocycles. The van der Waals surface area contributed by atoms with Gasteiger partial charge < -0.3 is 5.11 Å². The molecule has 0 saturated carbocycles. The van der Waals surface area contributed by atoms with Crippen LogP contribution >= 0.6 is 0 Å². The lowest BCUT2D eigenvalue weighted by Gasteiger charge is -2.07. The molecule has 0 aliphatic rings. The minimum Gasteiger partial charge on any atom is -0.855 e. The van der Waals surface area contributed by atoms with E-state index in [1.165, 1.54) is 23.9 Å². The second kappa shape index (κ2) is 10.8. The summed E-state index contributed by atoms with van der Waals surface area (Å²) in [4.78, 5) is 17.4. The summed E-state index contributed by atoms with van der Waals surface area (Å²) >= 11 is 0. The first-order valence-corrected chi connectivity index (χ1v) is 11.1. The van der Waals surface area contributed by atoms with Crippen LogP contribution in [-0.4, -0.2) is 15.8 Å². The van der Waals surface area contributed by atoms with Crippen LogP contribution in [0.2, 0.25) is 0 Å². The normalized spacial score (nSPS) is 11.8.